The Morgan fingerprint density at radius 2 is 2.03 bits per heavy atom. The van der Waals surface area contributed by atoms with Crippen molar-refractivity contribution in [3.05, 3.63) is 51.7 Å². The Morgan fingerprint density at radius 3 is 2.78 bits per heavy atom. The van der Waals surface area contributed by atoms with Gasteiger partial charge in [-0.1, -0.05) is 6.07 Å². The summed E-state index contributed by atoms with van der Waals surface area (Å²) in [6, 6.07) is 5.42. The molecule has 10 nitrogen and oxygen atoms in total. The highest BCUT2D eigenvalue weighted by atomic mass is 16.5. The number of nitrogens with zero attached hydrogens (tertiary/aromatic N) is 6. The van der Waals surface area contributed by atoms with Gasteiger partial charge in [0, 0.05) is 38.4 Å². The van der Waals surface area contributed by atoms with Crippen molar-refractivity contribution < 1.29 is 9.53 Å². The second-order valence-corrected chi connectivity index (χ2v) is 7.77. The van der Waals surface area contributed by atoms with Crippen LogP contribution in [0.2, 0.25) is 0 Å². The molecule has 4 heterocycles. The van der Waals surface area contributed by atoms with Gasteiger partial charge in [-0.2, -0.15) is 0 Å². The molecule has 4 aromatic heterocycles. The van der Waals surface area contributed by atoms with Crippen molar-refractivity contribution in [1.82, 2.24) is 34.3 Å². The molecule has 0 unspecified atom stereocenters. The number of aromatic nitrogens is 6. The minimum Gasteiger partial charge on any atom is -0.479 e. The highest BCUT2D eigenvalue weighted by molar-refractivity contribution is 5.86. The average molecular weight is 438 g/mol. The van der Waals surface area contributed by atoms with Crippen molar-refractivity contribution in [2.75, 3.05) is 13.7 Å². The van der Waals surface area contributed by atoms with E-state index < -0.39 is 0 Å². The summed E-state index contributed by atoms with van der Waals surface area (Å²) in [5.74, 6) is 0.504. The van der Waals surface area contributed by atoms with Crippen molar-refractivity contribution in [3.8, 4) is 5.88 Å². The Bertz CT molecular complexity index is 1350. The summed E-state index contributed by atoms with van der Waals surface area (Å²) in [4.78, 5) is 29.3. The minimum atomic E-state index is -0.174. The third-order valence-electron chi connectivity index (χ3n) is 5.68. The van der Waals surface area contributed by atoms with Crippen molar-refractivity contribution in [1.29, 1.82) is 0 Å². The summed E-state index contributed by atoms with van der Waals surface area (Å²) in [6.07, 6.45) is 3.25. The number of methoxy groups -OCH3 is 1. The Balaban J connectivity index is 1.33. The minimum absolute atomic E-state index is 0.0376. The summed E-state index contributed by atoms with van der Waals surface area (Å²) in [5.41, 5.74) is 4.17. The van der Waals surface area contributed by atoms with Crippen LogP contribution in [0.3, 0.4) is 0 Å². The van der Waals surface area contributed by atoms with Crippen LogP contribution in [-0.4, -0.2) is 48.5 Å². The number of carbonyl (C=O) groups is 1. The van der Waals surface area contributed by atoms with Crippen LogP contribution in [0.15, 0.2) is 29.2 Å². The van der Waals surface area contributed by atoms with E-state index in [0.717, 1.165) is 27.9 Å². The summed E-state index contributed by atoms with van der Waals surface area (Å²) in [6.45, 7) is 4.89. The fraction of sp³-hybridized carbons (Fsp3) is 0.409. The molecule has 0 bridgehead atoms. The quantitative estimate of drug-likeness (QED) is 0.419. The molecule has 1 N–H and O–H groups in total. The third-order valence-corrected chi connectivity index (χ3v) is 5.68. The van der Waals surface area contributed by atoms with E-state index in [2.05, 4.69) is 20.5 Å². The molecule has 4 rings (SSSR count). The molecule has 0 fully saturated rings. The molecule has 0 atom stereocenters. The summed E-state index contributed by atoms with van der Waals surface area (Å²) < 4.78 is 10.0. The molecule has 0 aliphatic carbocycles. The first-order valence-electron chi connectivity index (χ1n) is 10.6. The molecule has 0 radical (unpaired) electrons. The molecule has 0 aromatic carbocycles. The van der Waals surface area contributed by atoms with E-state index in [0.29, 0.717) is 43.9 Å². The van der Waals surface area contributed by atoms with Crippen LogP contribution in [0, 0.1) is 13.8 Å². The SMILES string of the molecule is COc1nn(C)c2nc(C)c(CCC(=O)NCCCn3nc4ccccn4c3=O)c(C)c12. The number of carbonyl (C=O) groups excluding carboxylic acids is 1. The molecule has 4 aromatic rings. The molecule has 10 heteroatoms. The number of nitrogens with one attached hydrogen (secondary N) is 1. The van der Waals surface area contributed by atoms with E-state index in [1.54, 1.807) is 30.1 Å². The lowest BCUT2D eigenvalue weighted by molar-refractivity contribution is -0.121. The standard InChI is InChI=1S/C22H27N7O3/c1-14-16(15(2)24-20-19(14)21(32-4)26-27(20)3)9-10-18(30)23-11-7-13-29-22(31)28-12-6-5-8-17(28)25-29/h5-6,8,12H,7,9-11,13H2,1-4H3,(H,23,30). The van der Waals surface area contributed by atoms with Gasteiger partial charge in [-0.15, -0.1) is 10.2 Å². The molecule has 0 aliphatic rings. The van der Waals surface area contributed by atoms with Crippen molar-refractivity contribution in [2.45, 2.75) is 39.7 Å². The number of pyridine rings is 2. The summed E-state index contributed by atoms with van der Waals surface area (Å²) >= 11 is 0. The Hall–Kier alpha value is -3.69. The van der Waals surface area contributed by atoms with Crippen LogP contribution >= 0.6 is 0 Å². The van der Waals surface area contributed by atoms with Crippen LogP contribution in [-0.2, 0) is 24.8 Å². The maximum atomic E-state index is 12.4. The number of rotatable bonds is 8. The monoisotopic (exact) mass is 437 g/mol. The van der Waals surface area contributed by atoms with Gasteiger partial charge < -0.3 is 10.1 Å². The lowest BCUT2D eigenvalue weighted by Crippen LogP contribution is -2.27. The molecule has 0 saturated carbocycles. The van der Waals surface area contributed by atoms with Crippen molar-refractivity contribution in [3.63, 3.8) is 0 Å². The van der Waals surface area contributed by atoms with Crippen LogP contribution in [0.1, 0.15) is 29.7 Å². The predicted molar refractivity (Wildman–Crippen MR) is 120 cm³/mol. The normalized spacial score (nSPS) is 11.4. The predicted octanol–water partition coefficient (Wildman–Crippen LogP) is 1.54. The number of hydrogen-bond donors (Lipinski definition) is 1. The van der Waals surface area contributed by atoms with E-state index >= 15 is 0 Å². The zero-order valence-corrected chi connectivity index (χ0v) is 18.8. The van der Waals surface area contributed by atoms with E-state index in [-0.39, 0.29) is 11.6 Å². The third kappa shape index (κ3) is 3.95. The van der Waals surface area contributed by atoms with Gasteiger partial charge in [0.2, 0.25) is 11.8 Å². The average Bonchev–Trinajstić information content (AvgIpc) is 3.27. The Kier molecular flexibility index (Phi) is 5.93. The molecule has 32 heavy (non-hydrogen) atoms. The molecule has 1 amide bonds. The topological polar surface area (TPSA) is 108 Å². The largest absolute Gasteiger partial charge is 0.479 e. The highest BCUT2D eigenvalue weighted by Gasteiger charge is 2.18. The Labute approximate surface area is 184 Å². The lowest BCUT2D eigenvalue weighted by Gasteiger charge is -2.11. The first kappa shape index (κ1) is 21.5. The van der Waals surface area contributed by atoms with E-state index in [4.69, 9.17) is 4.74 Å². The molecule has 0 spiro atoms. The van der Waals surface area contributed by atoms with Gasteiger partial charge in [-0.25, -0.2) is 19.1 Å². The van der Waals surface area contributed by atoms with E-state index in [9.17, 15) is 9.59 Å². The zero-order valence-electron chi connectivity index (χ0n) is 18.8. The van der Waals surface area contributed by atoms with Gasteiger partial charge >= 0.3 is 5.69 Å². The van der Waals surface area contributed by atoms with Gasteiger partial charge in [0.25, 0.3) is 0 Å². The first-order valence-corrected chi connectivity index (χ1v) is 10.6. The summed E-state index contributed by atoms with van der Waals surface area (Å²) in [7, 11) is 3.43. The van der Waals surface area contributed by atoms with Crippen LogP contribution in [0.5, 0.6) is 5.88 Å². The lowest BCUT2D eigenvalue weighted by atomic mass is 10.00. The second-order valence-electron chi connectivity index (χ2n) is 7.77. The second kappa shape index (κ2) is 8.81. The maximum absolute atomic E-state index is 12.4. The van der Waals surface area contributed by atoms with Gasteiger partial charge in [0.05, 0.1) is 12.5 Å². The van der Waals surface area contributed by atoms with Crippen LogP contribution in [0.25, 0.3) is 16.7 Å². The van der Waals surface area contributed by atoms with Gasteiger partial charge in [0.15, 0.2) is 11.3 Å². The van der Waals surface area contributed by atoms with Crippen LogP contribution in [0.4, 0.5) is 0 Å². The first-order chi connectivity index (χ1) is 15.4. The van der Waals surface area contributed by atoms with Crippen molar-refractivity contribution >= 4 is 22.6 Å². The molecule has 168 valence electrons. The molecule has 0 aliphatic heterocycles. The molecular weight excluding hydrogens is 410 g/mol. The van der Waals surface area contributed by atoms with Gasteiger partial charge in [-0.05, 0) is 49.9 Å². The highest BCUT2D eigenvalue weighted by Crippen LogP contribution is 2.30. The fourth-order valence-corrected chi connectivity index (χ4v) is 4.00. The van der Waals surface area contributed by atoms with Gasteiger partial charge in [-0.3, -0.25) is 9.20 Å². The smallest absolute Gasteiger partial charge is 0.350 e. The number of aryl methyl sites for hydroxylation is 4. The number of fused-ring (bicyclic) bond motifs is 2. The molecular formula is C22H27N7O3. The Morgan fingerprint density at radius 1 is 1.22 bits per heavy atom. The number of hydrogen-bond acceptors (Lipinski definition) is 6. The maximum Gasteiger partial charge on any atom is 0.350 e. The van der Waals surface area contributed by atoms with Crippen LogP contribution < -0.4 is 15.7 Å². The summed E-state index contributed by atoms with van der Waals surface area (Å²) in [5, 5.41) is 12.5. The molecule has 0 saturated heterocycles. The number of ether oxygens (including phenoxy) is 1. The zero-order chi connectivity index (χ0) is 22.8. The van der Waals surface area contributed by atoms with E-state index in [1.807, 2.05) is 27.0 Å². The van der Waals surface area contributed by atoms with Crippen molar-refractivity contribution in [2.24, 2.45) is 7.05 Å². The van der Waals surface area contributed by atoms with E-state index in [1.165, 1.54) is 9.08 Å². The van der Waals surface area contributed by atoms with Gasteiger partial charge in [0.1, 0.15) is 0 Å². The number of amides is 1. The fourth-order valence-electron chi connectivity index (χ4n) is 4.00.